The summed E-state index contributed by atoms with van der Waals surface area (Å²) in [6.07, 6.45) is 5.42. The minimum absolute atomic E-state index is 0.0187. The Hall–Kier alpha value is -4.08. The summed E-state index contributed by atoms with van der Waals surface area (Å²) in [7, 11) is 0. The number of nitrogens with one attached hydrogen (secondary N) is 2. The molecule has 2 rings (SSSR count). The lowest BCUT2D eigenvalue weighted by molar-refractivity contribution is -0.159. The lowest BCUT2D eigenvalue weighted by atomic mass is 9.97. The molecule has 0 radical (unpaired) electrons. The number of nitrogens with zero attached hydrogens (tertiary/aromatic N) is 1. The average Bonchev–Trinajstić information content (AvgIpc) is 2.99. The van der Waals surface area contributed by atoms with E-state index in [2.05, 4.69) is 17.6 Å². The molecule has 0 heterocycles. The van der Waals surface area contributed by atoms with Gasteiger partial charge < -0.3 is 30.1 Å². The predicted molar refractivity (Wildman–Crippen MR) is 196 cm³/mol. The van der Waals surface area contributed by atoms with Crippen molar-refractivity contribution >= 4 is 23.9 Å². The van der Waals surface area contributed by atoms with E-state index >= 15 is 0 Å². The third-order valence-corrected chi connectivity index (χ3v) is 7.77. The van der Waals surface area contributed by atoms with Crippen LogP contribution in [-0.2, 0) is 30.3 Å². The van der Waals surface area contributed by atoms with Crippen molar-refractivity contribution in [2.45, 2.75) is 143 Å². The molecular weight excluding hydrogens is 634 g/mol. The van der Waals surface area contributed by atoms with E-state index in [0.29, 0.717) is 18.4 Å². The normalized spacial score (nSPS) is 13.6. The molecule has 0 bridgehead atoms. The van der Waals surface area contributed by atoms with Crippen LogP contribution >= 0.6 is 0 Å². The van der Waals surface area contributed by atoms with Crippen molar-refractivity contribution in [1.82, 2.24) is 15.5 Å². The third kappa shape index (κ3) is 15.6. The lowest BCUT2D eigenvalue weighted by Crippen LogP contribution is -2.55. The summed E-state index contributed by atoms with van der Waals surface area (Å²) < 4.78 is 11.2. The molecule has 2 aromatic rings. The number of phenolic OH excluding ortho intramolecular Hbond substituents is 1. The predicted octanol–water partition coefficient (Wildman–Crippen LogP) is 7.63. The highest BCUT2D eigenvalue weighted by molar-refractivity contribution is 5.94. The number of phenols is 1. The highest BCUT2D eigenvalue weighted by Gasteiger charge is 2.38. The van der Waals surface area contributed by atoms with Gasteiger partial charge in [-0.1, -0.05) is 95.3 Å². The standard InChI is InChI=1S/C40H61N3O7/c1-10-11-12-13-14-18-24-43(36(46)32(25-28(2)3)42-38(48)50-40(7,8)9)34(30-22-19-23-31(44)27-30)35(45)41-33(37(47)49-39(4,5)6)26-29-20-16-15-17-21-29/h15-17,19-23,27-28,32-34,44H,10-14,18,24-26H2,1-9H3,(H,41,45)(H,42,48). The maximum Gasteiger partial charge on any atom is 0.408 e. The Kier molecular flexibility index (Phi) is 16.8. The summed E-state index contributed by atoms with van der Waals surface area (Å²) in [5.74, 6) is -1.74. The second kappa shape index (κ2) is 19.9. The highest BCUT2D eigenvalue weighted by Crippen LogP contribution is 2.28. The van der Waals surface area contributed by atoms with Crippen LogP contribution in [0.5, 0.6) is 5.75 Å². The van der Waals surface area contributed by atoms with Gasteiger partial charge in [0.25, 0.3) is 0 Å². The largest absolute Gasteiger partial charge is 0.508 e. The molecule has 0 fully saturated rings. The van der Waals surface area contributed by atoms with E-state index in [1.54, 1.807) is 53.7 Å². The topological polar surface area (TPSA) is 134 Å². The smallest absolute Gasteiger partial charge is 0.408 e. The summed E-state index contributed by atoms with van der Waals surface area (Å²) in [5.41, 5.74) is -0.410. The molecular formula is C40H61N3O7. The fraction of sp³-hybridized carbons (Fsp3) is 0.600. The van der Waals surface area contributed by atoms with Crippen molar-refractivity contribution in [1.29, 1.82) is 0 Å². The lowest BCUT2D eigenvalue weighted by Gasteiger charge is -2.36. The second-order valence-electron chi connectivity index (χ2n) is 15.4. The van der Waals surface area contributed by atoms with Gasteiger partial charge in [-0.25, -0.2) is 9.59 Å². The fourth-order valence-electron chi connectivity index (χ4n) is 5.61. The second-order valence-corrected chi connectivity index (χ2v) is 15.4. The molecule has 0 saturated carbocycles. The minimum atomic E-state index is -1.24. The molecule has 0 spiro atoms. The van der Waals surface area contributed by atoms with Gasteiger partial charge in [-0.05, 0) is 83.6 Å². The maximum atomic E-state index is 14.7. The maximum absolute atomic E-state index is 14.7. The molecule has 3 amide bonds. The SMILES string of the molecule is CCCCCCCCN(C(=O)C(CC(C)C)NC(=O)OC(C)(C)C)C(C(=O)NC(Cc1ccccc1)C(=O)OC(C)(C)C)c1cccc(O)c1. The Bertz CT molecular complexity index is 1360. The van der Waals surface area contributed by atoms with Gasteiger partial charge in [0.2, 0.25) is 11.8 Å². The van der Waals surface area contributed by atoms with Crippen molar-refractivity contribution in [3.05, 3.63) is 65.7 Å². The van der Waals surface area contributed by atoms with Gasteiger partial charge in [-0.15, -0.1) is 0 Å². The molecule has 0 aliphatic heterocycles. The molecule has 3 unspecified atom stereocenters. The van der Waals surface area contributed by atoms with E-state index in [4.69, 9.17) is 9.47 Å². The Morgan fingerprint density at radius 1 is 0.780 bits per heavy atom. The number of alkyl carbamates (subject to hydrolysis) is 1. The number of esters is 1. The van der Waals surface area contributed by atoms with Crippen LogP contribution in [0.3, 0.4) is 0 Å². The number of benzene rings is 2. The summed E-state index contributed by atoms with van der Waals surface area (Å²) in [6.45, 7) is 16.8. The first-order valence-electron chi connectivity index (χ1n) is 18.1. The molecule has 0 saturated heterocycles. The van der Waals surface area contributed by atoms with Crippen molar-refractivity contribution in [3.8, 4) is 5.75 Å². The molecule has 2 aromatic carbocycles. The number of hydrogen-bond donors (Lipinski definition) is 3. The summed E-state index contributed by atoms with van der Waals surface area (Å²) in [5, 5.41) is 16.2. The molecule has 0 aliphatic carbocycles. The first-order valence-corrected chi connectivity index (χ1v) is 18.1. The molecule has 3 N–H and O–H groups in total. The van der Waals surface area contributed by atoms with Crippen molar-refractivity contribution < 1.29 is 33.8 Å². The summed E-state index contributed by atoms with van der Waals surface area (Å²) in [4.78, 5) is 57.3. The first kappa shape index (κ1) is 42.1. The number of aromatic hydroxyl groups is 1. The molecule has 10 heteroatoms. The first-order chi connectivity index (χ1) is 23.4. The summed E-state index contributed by atoms with van der Waals surface area (Å²) in [6, 6.07) is 12.2. The number of carbonyl (C=O) groups is 4. The number of rotatable bonds is 18. The van der Waals surface area contributed by atoms with Crippen LogP contribution in [0.15, 0.2) is 54.6 Å². The zero-order valence-electron chi connectivity index (χ0n) is 31.7. The van der Waals surface area contributed by atoms with Crippen LogP contribution in [0.2, 0.25) is 0 Å². The van der Waals surface area contributed by atoms with Gasteiger partial charge in [-0.3, -0.25) is 9.59 Å². The van der Waals surface area contributed by atoms with E-state index < -0.39 is 53.2 Å². The molecule has 0 aliphatic rings. The van der Waals surface area contributed by atoms with Gasteiger partial charge in [-0.2, -0.15) is 0 Å². The van der Waals surface area contributed by atoms with Crippen molar-refractivity contribution in [3.63, 3.8) is 0 Å². The quantitative estimate of drug-likeness (QED) is 0.108. The monoisotopic (exact) mass is 695 g/mol. The van der Waals surface area contributed by atoms with Crippen LogP contribution in [0.25, 0.3) is 0 Å². The van der Waals surface area contributed by atoms with Gasteiger partial charge in [0.05, 0.1) is 0 Å². The van der Waals surface area contributed by atoms with E-state index in [9.17, 15) is 24.3 Å². The van der Waals surface area contributed by atoms with Crippen LogP contribution in [0.1, 0.15) is 124 Å². The van der Waals surface area contributed by atoms with E-state index in [-0.39, 0.29) is 24.6 Å². The van der Waals surface area contributed by atoms with Crippen molar-refractivity contribution in [2.24, 2.45) is 5.92 Å². The number of unbranched alkanes of at least 4 members (excludes halogenated alkanes) is 5. The molecule has 278 valence electrons. The Morgan fingerprint density at radius 2 is 1.40 bits per heavy atom. The Morgan fingerprint density at radius 3 is 1.98 bits per heavy atom. The minimum Gasteiger partial charge on any atom is -0.508 e. The van der Waals surface area contributed by atoms with Crippen molar-refractivity contribution in [2.75, 3.05) is 6.54 Å². The highest BCUT2D eigenvalue weighted by atomic mass is 16.6. The molecule has 50 heavy (non-hydrogen) atoms. The van der Waals surface area contributed by atoms with Gasteiger partial charge in [0, 0.05) is 13.0 Å². The van der Waals surface area contributed by atoms with Crippen LogP contribution in [0.4, 0.5) is 4.79 Å². The Labute approximate surface area is 299 Å². The summed E-state index contributed by atoms with van der Waals surface area (Å²) >= 11 is 0. The number of hydrogen-bond acceptors (Lipinski definition) is 7. The van der Waals surface area contributed by atoms with Gasteiger partial charge >= 0.3 is 12.1 Å². The van der Waals surface area contributed by atoms with E-state index in [1.165, 1.54) is 17.0 Å². The third-order valence-electron chi connectivity index (χ3n) is 7.77. The number of carbonyl (C=O) groups excluding carboxylic acids is 4. The van der Waals surface area contributed by atoms with Crippen LogP contribution < -0.4 is 10.6 Å². The zero-order valence-corrected chi connectivity index (χ0v) is 31.7. The zero-order chi connectivity index (χ0) is 37.5. The van der Waals surface area contributed by atoms with Crippen LogP contribution in [0, 0.1) is 5.92 Å². The van der Waals surface area contributed by atoms with E-state index in [1.807, 2.05) is 44.2 Å². The molecule has 3 atom stereocenters. The van der Waals surface area contributed by atoms with Gasteiger partial charge in [0.1, 0.15) is 35.1 Å². The average molecular weight is 696 g/mol. The number of amides is 3. The van der Waals surface area contributed by atoms with Crippen LogP contribution in [-0.4, -0.2) is 63.7 Å². The fourth-order valence-corrected chi connectivity index (χ4v) is 5.61. The molecule has 0 aromatic heterocycles. The van der Waals surface area contributed by atoms with E-state index in [0.717, 1.165) is 37.7 Å². The molecule has 10 nitrogen and oxygen atoms in total. The number of ether oxygens (including phenoxy) is 2. The van der Waals surface area contributed by atoms with Gasteiger partial charge in [0.15, 0.2) is 0 Å². The Balaban J connectivity index is 2.62.